The minimum absolute atomic E-state index is 0.135. The first-order valence-corrected chi connectivity index (χ1v) is 25.9. The number of allylic oxidation sites excluding steroid dienone is 2. The molecule has 1 heterocycles. The zero-order chi connectivity index (χ0) is 43.7. The van der Waals surface area contributed by atoms with Crippen LogP contribution in [0.2, 0.25) is 0 Å². The molecule has 0 aliphatic carbocycles. The van der Waals surface area contributed by atoms with Gasteiger partial charge in [-0.25, -0.2) is 0 Å². The number of hydrogen-bond acceptors (Lipinski definition) is 8. The zero-order valence-corrected chi connectivity index (χ0v) is 39.2. The molecule has 1 rings (SSSR count). The highest BCUT2D eigenvalue weighted by molar-refractivity contribution is 5.76. The lowest BCUT2D eigenvalue weighted by Gasteiger charge is -2.40. The van der Waals surface area contributed by atoms with E-state index in [0.29, 0.717) is 12.8 Å². The van der Waals surface area contributed by atoms with Gasteiger partial charge in [0.1, 0.15) is 24.4 Å². The Morgan fingerprint density at radius 2 is 0.933 bits per heavy atom. The second-order valence-electron chi connectivity index (χ2n) is 18.3. The molecular formula is C51H99NO8. The quantitative estimate of drug-likeness (QED) is 0.0262. The summed E-state index contributed by atoms with van der Waals surface area (Å²) < 4.78 is 11.3. The third-order valence-corrected chi connectivity index (χ3v) is 12.6. The zero-order valence-electron chi connectivity index (χ0n) is 39.2. The Bertz CT molecular complexity index is 950. The van der Waals surface area contributed by atoms with Crippen molar-refractivity contribution in [2.75, 3.05) is 13.2 Å². The number of unbranched alkanes of at least 4 members (excludes halogenated alkanes) is 32. The SMILES string of the molecule is CCCCCCCC/C=C\CCCCCCCCCCCC(=O)NC(COC1OC(CO)C(O)C(O)C1O)C(O)CCCCCCCCCCCCCCCCCCCC. The van der Waals surface area contributed by atoms with Gasteiger partial charge in [-0.3, -0.25) is 4.79 Å². The maximum atomic E-state index is 13.0. The van der Waals surface area contributed by atoms with E-state index < -0.39 is 49.5 Å². The Morgan fingerprint density at radius 3 is 1.35 bits per heavy atom. The molecule has 7 atom stereocenters. The van der Waals surface area contributed by atoms with Crippen LogP contribution in [0.1, 0.15) is 251 Å². The second kappa shape index (κ2) is 41.9. The van der Waals surface area contributed by atoms with Crippen LogP contribution in [0, 0.1) is 0 Å². The Labute approximate surface area is 369 Å². The van der Waals surface area contributed by atoms with Gasteiger partial charge in [0, 0.05) is 6.42 Å². The van der Waals surface area contributed by atoms with E-state index in [4.69, 9.17) is 9.47 Å². The van der Waals surface area contributed by atoms with E-state index in [1.807, 2.05) is 0 Å². The Hall–Kier alpha value is -1.07. The molecule has 0 radical (unpaired) electrons. The van der Waals surface area contributed by atoms with Crippen molar-refractivity contribution < 1.29 is 39.8 Å². The first-order valence-electron chi connectivity index (χ1n) is 25.9. The third kappa shape index (κ3) is 31.7. The van der Waals surface area contributed by atoms with Crippen LogP contribution in [-0.2, 0) is 14.3 Å². The molecule has 60 heavy (non-hydrogen) atoms. The molecule has 356 valence electrons. The maximum Gasteiger partial charge on any atom is 0.220 e. The monoisotopic (exact) mass is 854 g/mol. The summed E-state index contributed by atoms with van der Waals surface area (Å²) in [6.07, 6.45) is 42.2. The van der Waals surface area contributed by atoms with Crippen molar-refractivity contribution in [1.82, 2.24) is 5.32 Å². The van der Waals surface area contributed by atoms with Crippen LogP contribution >= 0.6 is 0 Å². The number of carbonyl (C=O) groups is 1. The number of aliphatic hydroxyl groups is 5. The lowest BCUT2D eigenvalue weighted by molar-refractivity contribution is -0.302. The molecule has 1 amide bonds. The molecule has 0 saturated carbocycles. The van der Waals surface area contributed by atoms with Crippen molar-refractivity contribution in [3.63, 3.8) is 0 Å². The number of aliphatic hydroxyl groups excluding tert-OH is 5. The molecule has 1 saturated heterocycles. The van der Waals surface area contributed by atoms with E-state index in [9.17, 15) is 30.3 Å². The van der Waals surface area contributed by atoms with E-state index in [-0.39, 0.29) is 12.5 Å². The first-order chi connectivity index (χ1) is 29.3. The fourth-order valence-electron chi connectivity index (χ4n) is 8.45. The topological polar surface area (TPSA) is 149 Å². The second-order valence-corrected chi connectivity index (χ2v) is 18.3. The molecule has 9 heteroatoms. The summed E-state index contributed by atoms with van der Waals surface area (Å²) >= 11 is 0. The summed E-state index contributed by atoms with van der Waals surface area (Å²) in [4.78, 5) is 13.0. The van der Waals surface area contributed by atoms with Gasteiger partial charge < -0.3 is 40.3 Å². The number of nitrogens with one attached hydrogen (secondary N) is 1. The van der Waals surface area contributed by atoms with Gasteiger partial charge in [0.15, 0.2) is 6.29 Å². The van der Waals surface area contributed by atoms with Crippen LogP contribution in [0.3, 0.4) is 0 Å². The number of hydrogen-bond donors (Lipinski definition) is 6. The van der Waals surface area contributed by atoms with Crippen LogP contribution in [-0.4, -0.2) is 87.5 Å². The molecule has 1 fully saturated rings. The molecule has 9 nitrogen and oxygen atoms in total. The standard InChI is InChI=1S/C51H99NO8/c1-3-5-7-9-11-13-15-17-19-21-23-25-27-29-31-33-35-37-39-41-47(55)52-44(43-59-51-50(58)49(57)48(56)46(42-53)60-51)45(54)40-38-36-34-32-30-28-26-24-22-20-18-16-14-12-10-8-6-4-2/h17,19,44-46,48-51,53-54,56-58H,3-16,18,20-43H2,1-2H3,(H,52,55)/b19-17-. The average Bonchev–Trinajstić information content (AvgIpc) is 3.25. The molecular weight excluding hydrogens is 755 g/mol. The molecule has 0 aromatic rings. The summed E-state index contributed by atoms with van der Waals surface area (Å²) in [5.41, 5.74) is 0. The van der Waals surface area contributed by atoms with Crippen molar-refractivity contribution in [3.8, 4) is 0 Å². The fraction of sp³-hybridized carbons (Fsp3) is 0.941. The Morgan fingerprint density at radius 1 is 0.550 bits per heavy atom. The number of rotatable bonds is 44. The normalized spacial score (nSPS) is 20.6. The van der Waals surface area contributed by atoms with Gasteiger partial charge in [0.2, 0.25) is 5.91 Å². The van der Waals surface area contributed by atoms with Crippen molar-refractivity contribution >= 4 is 5.91 Å². The highest BCUT2D eigenvalue weighted by atomic mass is 16.7. The average molecular weight is 854 g/mol. The number of carbonyl (C=O) groups excluding carboxylic acids is 1. The predicted octanol–water partition coefficient (Wildman–Crippen LogP) is 11.7. The molecule has 1 aliphatic rings. The van der Waals surface area contributed by atoms with E-state index >= 15 is 0 Å². The minimum atomic E-state index is -1.55. The highest BCUT2D eigenvalue weighted by Gasteiger charge is 2.44. The number of amides is 1. The first kappa shape index (κ1) is 56.9. The summed E-state index contributed by atoms with van der Waals surface area (Å²) in [7, 11) is 0. The van der Waals surface area contributed by atoms with Crippen LogP contribution in [0.15, 0.2) is 12.2 Å². The summed E-state index contributed by atoms with van der Waals surface area (Å²) in [6, 6.07) is -0.716. The largest absolute Gasteiger partial charge is 0.394 e. The van der Waals surface area contributed by atoms with Gasteiger partial charge in [0.25, 0.3) is 0 Å². The molecule has 0 aromatic heterocycles. The highest BCUT2D eigenvalue weighted by Crippen LogP contribution is 2.23. The summed E-state index contributed by atoms with van der Waals surface area (Å²) in [5, 5.41) is 54.5. The van der Waals surface area contributed by atoms with E-state index in [1.165, 1.54) is 186 Å². The van der Waals surface area contributed by atoms with Crippen molar-refractivity contribution in [2.45, 2.75) is 294 Å². The molecule has 1 aliphatic heterocycles. The molecule has 7 unspecified atom stereocenters. The van der Waals surface area contributed by atoms with Crippen molar-refractivity contribution in [2.24, 2.45) is 0 Å². The van der Waals surface area contributed by atoms with Crippen LogP contribution < -0.4 is 5.32 Å². The van der Waals surface area contributed by atoms with Crippen molar-refractivity contribution in [1.29, 1.82) is 0 Å². The van der Waals surface area contributed by atoms with Gasteiger partial charge >= 0.3 is 0 Å². The maximum absolute atomic E-state index is 13.0. The van der Waals surface area contributed by atoms with Crippen molar-refractivity contribution in [3.05, 3.63) is 12.2 Å². The van der Waals surface area contributed by atoms with Crippen LogP contribution in [0.25, 0.3) is 0 Å². The molecule has 6 N–H and O–H groups in total. The Kier molecular flexibility index (Phi) is 39.8. The van der Waals surface area contributed by atoms with Gasteiger partial charge in [-0.15, -0.1) is 0 Å². The van der Waals surface area contributed by atoms with E-state index in [2.05, 4.69) is 31.3 Å². The Balaban J connectivity index is 2.26. The predicted molar refractivity (Wildman–Crippen MR) is 249 cm³/mol. The van der Waals surface area contributed by atoms with Gasteiger partial charge in [0.05, 0.1) is 25.4 Å². The molecule has 0 bridgehead atoms. The summed E-state index contributed by atoms with van der Waals surface area (Å²) in [5.74, 6) is -0.143. The van der Waals surface area contributed by atoms with Gasteiger partial charge in [-0.05, 0) is 38.5 Å². The van der Waals surface area contributed by atoms with Gasteiger partial charge in [-0.1, -0.05) is 219 Å². The lowest BCUT2D eigenvalue weighted by Crippen LogP contribution is -2.60. The van der Waals surface area contributed by atoms with Crippen LogP contribution in [0.5, 0.6) is 0 Å². The lowest BCUT2D eigenvalue weighted by atomic mass is 9.99. The summed E-state index contributed by atoms with van der Waals surface area (Å²) in [6.45, 7) is 3.85. The fourth-order valence-corrected chi connectivity index (χ4v) is 8.45. The number of ether oxygens (including phenoxy) is 2. The minimum Gasteiger partial charge on any atom is -0.394 e. The van der Waals surface area contributed by atoms with Gasteiger partial charge in [-0.2, -0.15) is 0 Å². The van der Waals surface area contributed by atoms with Crippen LogP contribution in [0.4, 0.5) is 0 Å². The van der Waals surface area contributed by atoms with E-state index in [1.54, 1.807) is 0 Å². The molecule has 0 aromatic carbocycles. The molecule has 0 spiro atoms. The third-order valence-electron chi connectivity index (χ3n) is 12.6. The smallest absolute Gasteiger partial charge is 0.220 e. The van der Waals surface area contributed by atoms with E-state index in [0.717, 1.165) is 38.5 Å².